The Bertz CT molecular complexity index is 485. The average molecular weight is 243 g/mol. The lowest BCUT2D eigenvalue weighted by Gasteiger charge is -2.02. The third-order valence-corrected chi connectivity index (χ3v) is 3.37. The van der Waals surface area contributed by atoms with Gasteiger partial charge in [-0.1, -0.05) is 18.2 Å². The molecule has 17 heavy (non-hydrogen) atoms. The molecule has 2 nitrogen and oxygen atoms in total. The van der Waals surface area contributed by atoms with Gasteiger partial charge in [-0.15, -0.1) is 11.8 Å². The van der Waals surface area contributed by atoms with Crippen molar-refractivity contribution in [3.05, 3.63) is 59.9 Å². The number of carbonyl (C=O) groups is 1. The summed E-state index contributed by atoms with van der Waals surface area (Å²) in [6, 6.07) is 11.7. The van der Waals surface area contributed by atoms with Crippen LogP contribution in [0.2, 0.25) is 0 Å². The molecule has 0 spiro atoms. The predicted molar refractivity (Wildman–Crippen MR) is 70.5 cm³/mol. The molecule has 0 saturated heterocycles. The molecule has 1 heterocycles. The highest BCUT2D eigenvalue weighted by Gasteiger charge is 1.97. The molecule has 2 rings (SSSR count). The number of hydrogen-bond donors (Lipinski definition) is 0. The number of benzene rings is 1. The van der Waals surface area contributed by atoms with Gasteiger partial charge in [0.05, 0.1) is 0 Å². The molecule has 0 fully saturated rings. The van der Waals surface area contributed by atoms with E-state index in [1.165, 1.54) is 5.56 Å². The molecule has 0 radical (unpaired) electrons. The molecule has 0 atom stereocenters. The van der Waals surface area contributed by atoms with Crippen molar-refractivity contribution in [1.29, 1.82) is 0 Å². The minimum Gasteiger partial charge on any atom is -0.298 e. The molecular formula is C14H13NOS. The number of carbonyl (C=O) groups excluding carboxylic acids is 1. The van der Waals surface area contributed by atoms with E-state index in [-0.39, 0.29) is 0 Å². The van der Waals surface area contributed by atoms with Crippen LogP contribution in [-0.2, 0) is 6.42 Å². The van der Waals surface area contributed by atoms with E-state index in [2.05, 4.69) is 11.1 Å². The summed E-state index contributed by atoms with van der Waals surface area (Å²) in [6.45, 7) is 0. The second-order valence-corrected chi connectivity index (χ2v) is 4.82. The molecule has 2 aromatic rings. The van der Waals surface area contributed by atoms with Crippen molar-refractivity contribution in [2.45, 2.75) is 11.3 Å². The van der Waals surface area contributed by atoms with Crippen LogP contribution in [0.1, 0.15) is 15.9 Å². The van der Waals surface area contributed by atoms with E-state index < -0.39 is 0 Å². The fraction of sp³-hybridized carbons (Fsp3) is 0.143. The normalized spacial score (nSPS) is 10.1. The summed E-state index contributed by atoms with van der Waals surface area (Å²) in [7, 11) is 0. The zero-order valence-corrected chi connectivity index (χ0v) is 10.2. The summed E-state index contributed by atoms with van der Waals surface area (Å²) in [6.07, 6.45) is 5.54. The zero-order valence-electron chi connectivity index (χ0n) is 9.37. The zero-order chi connectivity index (χ0) is 11.9. The molecule has 0 N–H and O–H groups in total. The molecule has 0 amide bonds. The molecule has 86 valence electrons. The summed E-state index contributed by atoms with van der Waals surface area (Å²) in [5, 5.41) is 0. The topological polar surface area (TPSA) is 30.0 Å². The van der Waals surface area contributed by atoms with Crippen LogP contribution in [0.15, 0.2) is 53.7 Å². The van der Waals surface area contributed by atoms with Gasteiger partial charge in [-0.2, -0.15) is 0 Å². The van der Waals surface area contributed by atoms with Crippen LogP contribution < -0.4 is 0 Å². The minimum atomic E-state index is 0.733. The third-order valence-electron chi connectivity index (χ3n) is 2.38. The van der Waals surface area contributed by atoms with E-state index in [1.807, 2.05) is 36.5 Å². The van der Waals surface area contributed by atoms with Gasteiger partial charge in [0.1, 0.15) is 6.29 Å². The minimum absolute atomic E-state index is 0.733. The maximum absolute atomic E-state index is 10.6. The van der Waals surface area contributed by atoms with Crippen LogP contribution in [0, 0.1) is 0 Å². The molecule has 1 aromatic heterocycles. The van der Waals surface area contributed by atoms with E-state index in [4.69, 9.17) is 0 Å². The Morgan fingerprint density at radius 3 is 2.94 bits per heavy atom. The summed E-state index contributed by atoms with van der Waals surface area (Å²) >= 11 is 1.76. The van der Waals surface area contributed by atoms with E-state index >= 15 is 0 Å². The summed E-state index contributed by atoms with van der Waals surface area (Å²) in [5.74, 6) is 0.994. The molecule has 0 unspecified atom stereocenters. The van der Waals surface area contributed by atoms with Crippen LogP contribution in [0.4, 0.5) is 0 Å². The molecule has 0 bridgehead atoms. The van der Waals surface area contributed by atoms with E-state index in [1.54, 1.807) is 18.0 Å². The monoisotopic (exact) mass is 243 g/mol. The Hall–Kier alpha value is -1.61. The highest BCUT2D eigenvalue weighted by atomic mass is 32.2. The van der Waals surface area contributed by atoms with Gasteiger partial charge in [0.15, 0.2) is 0 Å². The lowest BCUT2D eigenvalue weighted by atomic mass is 10.2. The maximum Gasteiger partial charge on any atom is 0.150 e. The van der Waals surface area contributed by atoms with Crippen LogP contribution in [0.3, 0.4) is 0 Å². The smallest absolute Gasteiger partial charge is 0.150 e. The van der Waals surface area contributed by atoms with Gasteiger partial charge in [0.2, 0.25) is 0 Å². The van der Waals surface area contributed by atoms with Gasteiger partial charge < -0.3 is 0 Å². The van der Waals surface area contributed by atoms with E-state index in [9.17, 15) is 4.79 Å². The first kappa shape index (κ1) is 11.9. The first-order valence-electron chi connectivity index (χ1n) is 5.45. The van der Waals surface area contributed by atoms with Crippen LogP contribution in [0.25, 0.3) is 0 Å². The van der Waals surface area contributed by atoms with Gasteiger partial charge in [0.25, 0.3) is 0 Å². The lowest BCUT2D eigenvalue weighted by molar-refractivity contribution is 0.112. The Morgan fingerprint density at radius 1 is 1.24 bits per heavy atom. The molecule has 3 heteroatoms. The van der Waals surface area contributed by atoms with E-state index in [0.29, 0.717) is 0 Å². The Labute approximate surface area is 105 Å². The molecule has 1 aromatic carbocycles. The number of nitrogens with zero attached hydrogens (tertiary/aromatic N) is 1. The number of aldehydes is 1. The Balaban J connectivity index is 1.88. The van der Waals surface area contributed by atoms with Crippen LogP contribution in [-0.4, -0.2) is 17.0 Å². The van der Waals surface area contributed by atoms with Gasteiger partial charge in [-0.05, 0) is 30.2 Å². The Morgan fingerprint density at radius 2 is 2.18 bits per heavy atom. The van der Waals surface area contributed by atoms with Crippen molar-refractivity contribution in [2.75, 3.05) is 5.75 Å². The van der Waals surface area contributed by atoms with Crippen molar-refractivity contribution >= 4 is 18.0 Å². The van der Waals surface area contributed by atoms with Gasteiger partial charge >= 0.3 is 0 Å². The maximum atomic E-state index is 10.6. The van der Waals surface area contributed by atoms with Crippen LogP contribution >= 0.6 is 11.8 Å². The lowest BCUT2D eigenvalue weighted by Crippen LogP contribution is -1.89. The van der Waals surface area contributed by atoms with Crippen molar-refractivity contribution in [3.8, 4) is 0 Å². The van der Waals surface area contributed by atoms with Gasteiger partial charge in [-0.25, -0.2) is 0 Å². The molecular weight excluding hydrogens is 230 g/mol. The van der Waals surface area contributed by atoms with Crippen LogP contribution in [0.5, 0.6) is 0 Å². The summed E-state index contributed by atoms with van der Waals surface area (Å²) in [5.41, 5.74) is 1.97. The van der Waals surface area contributed by atoms with Gasteiger partial charge in [-0.3, -0.25) is 9.78 Å². The average Bonchev–Trinajstić information content (AvgIpc) is 2.40. The quantitative estimate of drug-likeness (QED) is 0.596. The van der Waals surface area contributed by atoms with Gasteiger partial charge in [0, 0.05) is 28.6 Å². The third kappa shape index (κ3) is 3.71. The first-order chi connectivity index (χ1) is 8.38. The highest BCUT2D eigenvalue weighted by molar-refractivity contribution is 7.99. The number of aryl methyl sites for hydroxylation is 1. The van der Waals surface area contributed by atoms with Crippen molar-refractivity contribution in [3.63, 3.8) is 0 Å². The summed E-state index contributed by atoms with van der Waals surface area (Å²) in [4.78, 5) is 15.9. The second kappa shape index (κ2) is 6.21. The molecule has 0 aliphatic carbocycles. The molecule has 0 aliphatic rings. The fourth-order valence-corrected chi connectivity index (χ4v) is 2.48. The molecule has 0 aliphatic heterocycles. The second-order valence-electron chi connectivity index (χ2n) is 3.65. The largest absolute Gasteiger partial charge is 0.298 e. The number of aromatic nitrogens is 1. The first-order valence-corrected chi connectivity index (χ1v) is 6.44. The van der Waals surface area contributed by atoms with Crippen molar-refractivity contribution in [1.82, 2.24) is 4.98 Å². The predicted octanol–water partition coefficient (Wildman–Crippen LogP) is 3.23. The number of hydrogen-bond acceptors (Lipinski definition) is 3. The number of thioether (sulfide) groups is 1. The Kier molecular flexibility index (Phi) is 4.33. The highest BCUT2D eigenvalue weighted by Crippen LogP contribution is 2.19. The molecule has 0 saturated carbocycles. The van der Waals surface area contributed by atoms with E-state index in [0.717, 1.165) is 28.9 Å². The summed E-state index contributed by atoms with van der Waals surface area (Å²) < 4.78 is 0. The van der Waals surface area contributed by atoms with Crippen molar-refractivity contribution < 1.29 is 4.79 Å². The number of pyridine rings is 1. The number of rotatable bonds is 5. The standard InChI is InChI=1S/C14H13NOS/c16-11-13-3-1-5-14(9-13)17-8-6-12-4-2-7-15-10-12/h1-5,7,9-11H,6,8H2. The fourth-order valence-electron chi connectivity index (χ4n) is 1.51. The van der Waals surface area contributed by atoms with Crippen molar-refractivity contribution in [2.24, 2.45) is 0 Å². The SMILES string of the molecule is O=Cc1cccc(SCCc2cccnc2)c1.